The van der Waals surface area contributed by atoms with Gasteiger partial charge in [0.25, 0.3) is 0 Å². The standard InChI is InChI=1S/C19H22ClN5O3S/c1-12(2)29(26,27)15-8-4-3-7-14(15)22-17-13-11-21-25(16-9-5-6-10-28-16)18(13)24-19(20)23-17/h3-4,7-8,11-12,16H,5-6,9-10H2,1-2H3,(H,22,23,24). The number of rotatable bonds is 5. The Bertz CT molecular complexity index is 1140. The fourth-order valence-electron chi connectivity index (χ4n) is 3.32. The minimum atomic E-state index is -3.48. The zero-order valence-electron chi connectivity index (χ0n) is 16.2. The first-order valence-electron chi connectivity index (χ1n) is 9.50. The van der Waals surface area contributed by atoms with Gasteiger partial charge >= 0.3 is 0 Å². The van der Waals surface area contributed by atoms with Gasteiger partial charge in [-0.05, 0) is 56.8 Å². The maximum Gasteiger partial charge on any atom is 0.226 e. The molecule has 29 heavy (non-hydrogen) atoms. The van der Waals surface area contributed by atoms with Gasteiger partial charge in [-0.3, -0.25) is 0 Å². The zero-order chi connectivity index (χ0) is 20.6. The number of aromatic nitrogens is 4. The number of nitrogens with one attached hydrogen (secondary N) is 1. The van der Waals surface area contributed by atoms with Crippen LogP contribution >= 0.6 is 11.6 Å². The van der Waals surface area contributed by atoms with Crippen LogP contribution in [0.1, 0.15) is 39.3 Å². The van der Waals surface area contributed by atoms with Crippen LogP contribution in [0.5, 0.6) is 0 Å². The Kier molecular flexibility index (Phi) is 5.46. The van der Waals surface area contributed by atoms with Crippen molar-refractivity contribution >= 4 is 44.0 Å². The van der Waals surface area contributed by atoms with Gasteiger partial charge in [0.2, 0.25) is 5.28 Å². The number of nitrogens with zero attached hydrogens (tertiary/aromatic N) is 4. The number of sulfone groups is 1. The minimum Gasteiger partial charge on any atom is -0.356 e. The van der Waals surface area contributed by atoms with Gasteiger partial charge in [0.1, 0.15) is 5.82 Å². The second-order valence-corrected chi connectivity index (χ2v) is 10.0. The van der Waals surface area contributed by atoms with Gasteiger partial charge < -0.3 is 10.1 Å². The molecule has 1 unspecified atom stereocenters. The van der Waals surface area contributed by atoms with Crippen LogP contribution in [-0.4, -0.2) is 40.0 Å². The van der Waals surface area contributed by atoms with Crippen molar-refractivity contribution in [3.05, 3.63) is 35.7 Å². The first-order valence-corrected chi connectivity index (χ1v) is 11.4. The molecule has 8 nitrogen and oxygen atoms in total. The molecule has 0 amide bonds. The van der Waals surface area contributed by atoms with E-state index < -0.39 is 15.1 Å². The SMILES string of the molecule is CC(C)S(=O)(=O)c1ccccc1Nc1nc(Cl)nc2c1cnn2C1CCCCO1. The summed E-state index contributed by atoms with van der Waals surface area (Å²) in [5.41, 5.74) is 0.975. The van der Waals surface area contributed by atoms with E-state index >= 15 is 0 Å². The van der Waals surface area contributed by atoms with Crippen LogP contribution in [0, 0.1) is 0 Å². The highest BCUT2D eigenvalue weighted by atomic mass is 35.5. The first kappa shape index (κ1) is 20.1. The van der Waals surface area contributed by atoms with Crippen molar-refractivity contribution < 1.29 is 13.2 Å². The number of para-hydroxylation sites is 1. The molecule has 154 valence electrons. The number of ether oxygens (including phenoxy) is 1. The Morgan fingerprint density at radius 1 is 1.24 bits per heavy atom. The Balaban J connectivity index is 1.78. The fourth-order valence-corrected chi connectivity index (χ4v) is 4.69. The molecule has 1 aliphatic heterocycles. The smallest absolute Gasteiger partial charge is 0.226 e. The quantitative estimate of drug-likeness (QED) is 0.602. The Labute approximate surface area is 174 Å². The topological polar surface area (TPSA) is 99.0 Å². The van der Waals surface area contributed by atoms with E-state index in [2.05, 4.69) is 20.4 Å². The molecule has 0 radical (unpaired) electrons. The summed E-state index contributed by atoms with van der Waals surface area (Å²) in [4.78, 5) is 8.82. The molecular formula is C19H22ClN5O3S. The molecule has 0 spiro atoms. The van der Waals surface area contributed by atoms with Crippen molar-refractivity contribution in [3.63, 3.8) is 0 Å². The number of fused-ring (bicyclic) bond motifs is 1. The number of hydrogen-bond acceptors (Lipinski definition) is 7. The summed E-state index contributed by atoms with van der Waals surface area (Å²) in [6, 6.07) is 6.74. The summed E-state index contributed by atoms with van der Waals surface area (Å²) in [5.74, 6) is 0.397. The number of benzene rings is 1. The summed E-state index contributed by atoms with van der Waals surface area (Å²) in [6.07, 6.45) is 4.37. The molecule has 0 saturated carbocycles. The lowest BCUT2D eigenvalue weighted by Gasteiger charge is -2.23. The largest absolute Gasteiger partial charge is 0.356 e. The van der Waals surface area contributed by atoms with Crippen LogP contribution in [-0.2, 0) is 14.6 Å². The second-order valence-electron chi connectivity index (χ2n) is 7.20. The lowest BCUT2D eigenvalue weighted by Crippen LogP contribution is -2.19. The van der Waals surface area contributed by atoms with Crippen LogP contribution < -0.4 is 5.32 Å². The molecule has 3 heterocycles. The lowest BCUT2D eigenvalue weighted by atomic mass is 10.2. The molecule has 1 aromatic carbocycles. The van der Waals surface area contributed by atoms with Crippen LogP contribution in [0.25, 0.3) is 11.0 Å². The van der Waals surface area contributed by atoms with E-state index in [1.165, 1.54) is 0 Å². The van der Waals surface area contributed by atoms with E-state index in [4.69, 9.17) is 16.3 Å². The third-order valence-electron chi connectivity index (χ3n) is 4.92. The highest BCUT2D eigenvalue weighted by molar-refractivity contribution is 7.92. The Morgan fingerprint density at radius 2 is 2.03 bits per heavy atom. The molecule has 1 saturated heterocycles. The maximum atomic E-state index is 12.8. The van der Waals surface area contributed by atoms with E-state index in [9.17, 15) is 8.42 Å². The van der Waals surface area contributed by atoms with Crippen molar-refractivity contribution in [1.82, 2.24) is 19.7 Å². The van der Waals surface area contributed by atoms with E-state index in [1.807, 2.05) is 0 Å². The molecule has 2 aromatic heterocycles. The predicted octanol–water partition coefficient (Wildman–Crippen LogP) is 4.10. The van der Waals surface area contributed by atoms with Gasteiger partial charge in [-0.2, -0.15) is 15.1 Å². The summed E-state index contributed by atoms with van der Waals surface area (Å²) in [7, 11) is -3.48. The molecule has 4 rings (SSSR count). The van der Waals surface area contributed by atoms with Gasteiger partial charge in [0.15, 0.2) is 21.7 Å². The maximum absolute atomic E-state index is 12.8. The second kappa shape index (κ2) is 7.89. The average molecular weight is 436 g/mol. The molecule has 3 aromatic rings. The average Bonchev–Trinajstić information content (AvgIpc) is 3.13. The van der Waals surface area contributed by atoms with Crippen molar-refractivity contribution in [1.29, 1.82) is 0 Å². The molecule has 1 N–H and O–H groups in total. The molecule has 1 fully saturated rings. The van der Waals surface area contributed by atoms with Crippen molar-refractivity contribution in [3.8, 4) is 0 Å². The molecule has 10 heteroatoms. The molecule has 0 bridgehead atoms. The Morgan fingerprint density at radius 3 is 2.76 bits per heavy atom. The van der Waals surface area contributed by atoms with Crippen LogP contribution in [0.2, 0.25) is 5.28 Å². The van der Waals surface area contributed by atoms with Gasteiger partial charge in [0.05, 0.1) is 27.4 Å². The molecule has 1 atom stereocenters. The third-order valence-corrected chi connectivity index (χ3v) is 7.30. The highest BCUT2D eigenvalue weighted by Crippen LogP contribution is 2.32. The zero-order valence-corrected chi connectivity index (χ0v) is 17.7. The molecule has 1 aliphatic rings. The highest BCUT2D eigenvalue weighted by Gasteiger charge is 2.25. The summed E-state index contributed by atoms with van der Waals surface area (Å²) in [6.45, 7) is 3.98. The lowest BCUT2D eigenvalue weighted by molar-refractivity contribution is -0.0370. The van der Waals surface area contributed by atoms with Crippen LogP contribution in [0.4, 0.5) is 11.5 Å². The molecular weight excluding hydrogens is 414 g/mol. The monoisotopic (exact) mass is 435 g/mol. The van der Waals surface area contributed by atoms with Gasteiger partial charge in [-0.25, -0.2) is 13.1 Å². The van der Waals surface area contributed by atoms with E-state index in [0.29, 0.717) is 29.1 Å². The van der Waals surface area contributed by atoms with Crippen LogP contribution in [0.3, 0.4) is 0 Å². The van der Waals surface area contributed by atoms with Crippen molar-refractivity contribution in [2.24, 2.45) is 0 Å². The van der Waals surface area contributed by atoms with E-state index in [0.717, 1.165) is 19.3 Å². The van der Waals surface area contributed by atoms with Crippen LogP contribution in [0.15, 0.2) is 35.4 Å². The number of anilines is 2. The third kappa shape index (κ3) is 3.82. The van der Waals surface area contributed by atoms with Gasteiger partial charge in [-0.15, -0.1) is 0 Å². The van der Waals surface area contributed by atoms with E-state index in [1.54, 1.807) is 49.0 Å². The normalized spacial score (nSPS) is 17.7. The number of hydrogen-bond donors (Lipinski definition) is 1. The van der Waals surface area contributed by atoms with Gasteiger partial charge in [-0.1, -0.05) is 12.1 Å². The Hall–Kier alpha value is -2.23. The van der Waals surface area contributed by atoms with Gasteiger partial charge in [0, 0.05) is 6.61 Å². The predicted molar refractivity (Wildman–Crippen MR) is 111 cm³/mol. The summed E-state index contributed by atoms with van der Waals surface area (Å²) in [5, 5.41) is 7.69. The fraction of sp³-hybridized carbons (Fsp3) is 0.421. The number of halogens is 1. The molecule has 0 aliphatic carbocycles. The summed E-state index contributed by atoms with van der Waals surface area (Å²) < 4.78 is 33.0. The first-order chi connectivity index (χ1) is 13.9. The van der Waals surface area contributed by atoms with Crippen molar-refractivity contribution in [2.75, 3.05) is 11.9 Å². The van der Waals surface area contributed by atoms with E-state index in [-0.39, 0.29) is 16.4 Å². The minimum absolute atomic E-state index is 0.0433. The van der Waals surface area contributed by atoms with Crippen molar-refractivity contribution in [2.45, 2.75) is 49.5 Å². The summed E-state index contributed by atoms with van der Waals surface area (Å²) >= 11 is 6.18.